The van der Waals surface area contributed by atoms with E-state index in [1.54, 1.807) is 0 Å². The molecule has 0 saturated carbocycles. The van der Waals surface area contributed by atoms with Gasteiger partial charge in [-0.3, -0.25) is 18.6 Å². The monoisotopic (exact) mass is 706 g/mol. The number of phosphoric acid groups is 1. The molecule has 10 nitrogen and oxygen atoms in total. The molecular formula is C37H71O10P. The number of hydrogen-bond donors (Lipinski definition) is 3. The lowest BCUT2D eigenvalue weighted by molar-refractivity contribution is -0.161. The van der Waals surface area contributed by atoms with E-state index in [1.165, 1.54) is 77.0 Å². The Labute approximate surface area is 292 Å². The van der Waals surface area contributed by atoms with Crippen molar-refractivity contribution in [1.82, 2.24) is 0 Å². The molecule has 48 heavy (non-hydrogen) atoms. The van der Waals surface area contributed by atoms with Crippen molar-refractivity contribution in [3.8, 4) is 0 Å². The van der Waals surface area contributed by atoms with Crippen LogP contribution < -0.4 is 0 Å². The highest BCUT2D eigenvalue weighted by molar-refractivity contribution is 7.47. The summed E-state index contributed by atoms with van der Waals surface area (Å²) in [6.45, 7) is 2.35. The molecular weight excluding hydrogens is 635 g/mol. The number of ether oxygens (including phenoxy) is 2. The van der Waals surface area contributed by atoms with Crippen LogP contribution in [0.15, 0.2) is 12.2 Å². The van der Waals surface area contributed by atoms with Crippen molar-refractivity contribution in [2.45, 2.75) is 187 Å². The number of rotatable bonds is 36. The van der Waals surface area contributed by atoms with Gasteiger partial charge in [-0.25, -0.2) is 4.57 Å². The SMILES string of the molecule is CCCCCCC/C=C/CCCCCCCC(=O)O[C@H](COC(=O)CCCCCCCCCCCCC)COP(=O)(O)OC[C@@H](O)CO. The van der Waals surface area contributed by atoms with Gasteiger partial charge in [-0.2, -0.15) is 0 Å². The molecule has 284 valence electrons. The summed E-state index contributed by atoms with van der Waals surface area (Å²) < 4.78 is 32.5. The summed E-state index contributed by atoms with van der Waals surface area (Å²) >= 11 is 0. The summed E-state index contributed by atoms with van der Waals surface area (Å²) in [4.78, 5) is 34.8. The van der Waals surface area contributed by atoms with Crippen LogP contribution >= 0.6 is 7.82 Å². The van der Waals surface area contributed by atoms with Gasteiger partial charge in [0, 0.05) is 12.8 Å². The second-order valence-electron chi connectivity index (χ2n) is 13.0. The van der Waals surface area contributed by atoms with Crippen molar-refractivity contribution >= 4 is 19.8 Å². The third-order valence-corrected chi connectivity index (χ3v) is 9.12. The predicted octanol–water partition coefficient (Wildman–Crippen LogP) is 9.28. The molecule has 0 heterocycles. The number of carbonyl (C=O) groups is 2. The minimum absolute atomic E-state index is 0.178. The number of phosphoric ester groups is 1. The third kappa shape index (κ3) is 33.2. The molecule has 0 saturated heterocycles. The molecule has 0 aromatic rings. The van der Waals surface area contributed by atoms with E-state index in [0.29, 0.717) is 12.8 Å². The van der Waals surface area contributed by atoms with E-state index in [2.05, 4.69) is 30.5 Å². The van der Waals surface area contributed by atoms with Crippen LogP contribution in [-0.2, 0) is 32.7 Å². The number of unbranched alkanes of at least 4 members (excludes halogenated alkanes) is 20. The first-order valence-electron chi connectivity index (χ1n) is 19.1. The molecule has 0 aromatic heterocycles. The van der Waals surface area contributed by atoms with Gasteiger partial charge in [0.05, 0.1) is 19.8 Å². The number of aliphatic hydroxyl groups excluding tert-OH is 2. The Bertz CT molecular complexity index is 822. The maximum atomic E-state index is 12.5. The van der Waals surface area contributed by atoms with Crippen molar-refractivity contribution < 1.29 is 47.8 Å². The quantitative estimate of drug-likeness (QED) is 0.0249. The van der Waals surface area contributed by atoms with Crippen LogP contribution in [0.1, 0.15) is 174 Å². The number of allylic oxidation sites excluding steroid dienone is 2. The van der Waals surface area contributed by atoms with Crippen molar-refractivity contribution in [3.05, 3.63) is 12.2 Å². The van der Waals surface area contributed by atoms with Crippen molar-refractivity contribution in [3.63, 3.8) is 0 Å². The highest BCUT2D eigenvalue weighted by atomic mass is 31.2. The molecule has 0 aliphatic rings. The molecule has 0 amide bonds. The first-order chi connectivity index (χ1) is 23.2. The average molecular weight is 707 g/mol. The molecule has 0 fully saturated rings. The summed E-state index contributed by atoms with van der Waals surface area (Å²) in [5.74, 6) is -0.931. The van der Waals surface area contributed by atoms with Crippen molar-refractivity contribution in [1.29, 1.82) is 0 Å². The summed E-state index contributed by atoms with van der Waals surface area (Å²) in [5, 5.41) is 18.3. The highest BCUT2D eigenvalue weighted by Gasteiger charge is 2.27. The van der Waals surface area contributed by atoms with E-state index in [0.717, 1.165) is 57.8 Å². The first-order valence-corrected chi connectivity index (χ1v) is 20.6. The summed E-state index contributed by atoms with van der Waals surface area (Å²) in [6, 6.07) is 0. The lowest BCUT2D eigenvalue weighted by atomic mass is 10.1. The van der Waals surface area contributed by atoms with Gasteiger partial charge in [0.2, 0.25) is 0 Å². The molecule has 3 N–H and O–H groups in total. The van der Waals surface area contributed by atoms with Crippen LogP contribution in [-0.4, -0.2) is 65.7 Å². The van der Waals surface area contributed by atoms with Crippen molar-refractivity contribution in [2.75, 3.05) is 26.4 Å². The maximum Gasteiger partial charge on any atom is 0.472 e. The minimum atomic E-state index is -4.61. The third-order valence-electron chi connectivity index (χ3n) is 8.17. The molecule has 0 rings (SSSR count). The second kappa shape index (κ2) is 34.2. The Morgan fingerprint density at radius 2 is 1.02 bits per heavy atom. The highest BCUT2D eigenvalue weighted by Crippen LogP contribution is 2.43. The number of hydrogen-bond acceptors (Lipinski definition) is 9. The van der Waals surface area contributed by atoms with Gasteiger partial charge in [-0.05, 0) is 38.5 Å². The molecule has 0 spiro atoms. The van der Waals surface area contributed by atoms with Gasteiger partial charge in [0.25, 0.3) is 0 Å². The number of aliphatic hydroxyl groups is 2. The lowest BCUT2D eigenvalue weighted by Gasteiger charge is -2.20. The fourth-order valence-corrected chi connectivity index (χ4v) is 5.95. The average Bonchev–Trinajstić information content (AvgIpc) is 3.07. The van der Waals surface area contributed by atoms with E-state index < -0.39 is 51.8 Å². The number of esters is 2. The Morgan fingerprint density at radius 1 is 0.604 bits per heavy atom. The van der Waals surface area contributed by atoms with E-state index in [-0.39, 0.29) is 19.4 Å². The molecule has 0 aliphatic carbocycles. The smallest absolute Gasteiger partial charge is 0.462 e. The van der Waals surface area contributed by atoms with Gasteiger partial charge in [0.1, 0.15) is 12.7 Å². The van der Waals surface area contributed by atoms with Gasteiger partial charge < -0.3 is 24.6 Å². The van der Waals surface area contributed by atoms with Crippen LogP contribution in [0.5, 0.6) is 0 Å². The van der Waals surface area contributed by atoms with Crippen LogP contribution in [0.4, 0.5) is 0 Å². The molecule has 3 atom stereocenters. The Hall–Kier alpha value is -1.29. The number of carbonyl (C=O) groups excluding carboxylic acids is 2. The lowest BCUT2D eigenvalue weighted by Crippen LogP contribution is -2.29. The maximum absolute atomic E-state index is 12.5. The van der Waals surface area contributed by atoms with Crippen LogP contribution in [0.25, 0.3) is 0 Å². The Morgan fingerprint density at radius 3 is 1.50 bits per heavy atom. The Kier molecular flexibility index (Phi) is 33.3. The van der Waals surface area contributed by atoms with Crippen LogP contribution in [0.3, 0.4) is 0 Å². The topological polar surface area (TPSA) is 149 Å². The summed E-state index contributed by atoms with van der Waals surface area (Å²) in [6.07, 6.45) is 28.9. The van der Waals surface area contributed by atoms with Crippen molar-refractivity contribution in [2.24, 2.45) is 0 Å². The summed E-state index contributed by atoms with van der Waals surface area (Å²) in [7, 11) is -4.61. The Balaban J connectivity index is 4.37. The predicted molar refractivity (Wildman–Crippen MR) is 192 cm³/mol. The zero-order valence-electron chi connectivity index (χ0n) is 30.5. The standard InChI is InChI=1S/C37H71O10P/c1-3-5-7-9-11-13-15-16-17-19-21-23-25-27-29-37(41)47-35(33-46-48(42,43)45-31-34(39)30-38)32-44-36(40)28-26-24-22-20-18-14-12-10-8-6-4-2/h15-16,34-35,38-39H,3-14,17-33H2,1-2H3,(H,42,43)/b16-15+/t34-,35+/m0/s1. The van der Waals surface area contributed by atoms with Gasteiger partial charge in [-0.1, -0.05) is 135 Å². The first kappa shape index (κ1) is 46.7. The fraction of sp³-hybridized carbons (Fsp3) is 0.892. The zero-order valence-corrected chi connectivity index (χ0v) is 31.4. The molecule has 0 aromatic carbocycles. The van der Waals surface area contributed by atoms with Crippen LogP contribution in [0, 0.1) is 0 Å². The van der Waals surface area contributed by atoms with Gasteiger partial charge in [-0.15, -0.1) is 0 Å². The fourth-order valence-electron chi connectivity index (χ4n) is 5.16. The molecule has 0 bridgehead atoms. The minimum Gasteiger partial charge on any atom is -0.462 e. The molecule has 0 radical (unpaired) electrons. The van der Waals surface area contributed by atoms with E-state index in [1.807, 2.05) is 0 Å². The van der Waals surface area contributed by atoms with Gasteiger partial charge >= 0.3 is 19.8 Å². The summed E-state index contributed by atoms with van der Waals surface area (Å²) in [5.41, 5.74) is 0. The van der Waals surface area contributed by atoms with E-state index in [4.69, 9.17) is 19.1 Å². The van der Waals surface area contributed by atoms with E-state index in [9.17, 15) is 24.2 Å². The second-order valence-corrected chi connectivity index (χ2v) is 14.4. The van der Waals surface area contributed by atoms with E-state index >= 15 is 0 Å². The molecule has 1 unspecified atom stereocenters. The van der Waals surface area contributed by atoms with Crippen LogP contribution in [0.2, 0.25) is 0 Å². The van der Waals surface area contributed by atoms with Gasteiger partial charge in [0.15, 0.2) is 6.10 Å². The zero-order chi connectivity index (χ0) is 35.6. The molecule has 11 heteroatoms. The largest absolute Gasteiger partial charge is 0.472 e. The molecule has 0 aliphatic heterocycles. The normalized spacial score (nSPS) is 14.2.